The van der Waals surface area contributed by atoms with Gasteiger partial charge in [-0.3, -0.25) is 0 Å². The summed E-state index contributed by atoms with van der Waals surface area (Å²) in [5.41, 5.74) is 4.68. The van der Waals surface area contributed by atoms with Gasteiger partial charge in [0.25, 0.3) is 0 Å². The first-order valence-electron chi connectivity index (χ1n) is 9.70. The zero-order valence-electron chi connectivity index (χ0n) is 15.5. The molecule has 0 bridgehead atoms. The number of benzene rings is 2. The SMILES string of the molecule is O=c1[nH]nc2cc(-c3ccc(CNCC4CCCO4)cc3)c3ccccc3n12. The van der Waals surface area contributed by atoms with Crippen LogP contribution in [0.1, 0.15) is 18.4 Å². The van der Waals surface area contributed by atoms with Crippen LogP contribution in [0.3, 0.4) is 0 Å². The molecule has 1 fully saturated rings. The Balaban J connectivity index is 1.43. The Morgan fingerprint density at radius 2 is 2.04 bits per heavy atom. The van der Waals surface area contributed by atoms with E-state index >= 15 is 0 Å². The number of ether oxygens (including phenoxy) is 1. The van der Waals surface area contributed by atoms with Gasteiger partial charge in [0.2, 0.25) is 0 Å². The van der Waals surface area contributed by atoms with Crippen molar-refractivity contribution in [3.05, 3.63) is 70.6 Å². The molecule has 0 spiro atoms. The summed E-state index contributed by atoms with van der Waals surface area (Å²) in [4.78, 5) is 12.1. The summed E-state index contributed by atoms with van der Waals surface area (Å²) in [5.74, 6) is 0. The minimum Gasteiger partial charge on any atom is -0.377 e. The monoisotopic (exact) mass is 374 g/mol. The van der Waals surface area contributed by atoms with Crippen LogP contribution in [-0.4, -0.2) is 33.9 Å². The van der Waals surface area contributed by atoms with Crippen LogP contribution < -0.4 is 11.0 Å². The molecule has 6 nitrogen and oxygen atoms in total. The lowest BCUT2D eigenvalue weighted by molar-refractivity contribution is 0.110. The summed E-state index contributed by atoms with van der Waals surface area (Å²) in [6.07, 6.45) is 2.67. The molecule has 1 aliphatic heterocycles. The lowest BCUT2D eigenvalue weighted by Gasteiger charge is -2.12. The number of aromatic nitrogens is 3. The number of H-pyrrole nitrogens is 1. The number of hydrogen-bond donors (Lipinski definition) is 2. The van der Waals surface area contributed by atoms with Crippen molar-refractivity contribution >= 4 is 16.6 Å². The highest BCUT2D eigenvalue weighted by Crippen LogP contribution is 2.29. The van der Waals surface area contributed by atoms with Crippen LogP contribution in [0.2, 0.25) is 0 Å². The highest BCUT2D eigenvalue weighted by atomic mass is 16.5. The van der Waals surface area contributed by atoms with Crippen LogP contribution >= 0.6 is 0 Å². The van der Waals surface area contributed by atoms with E-state index in [9.17, 15) is 4.79 Å². The molecule has 0 aliphatic carbocycles. The Morgan fingerprint density at radius 3 is 2.86 bits per heavy atom. The Hall–Kier alpha value is -2.96. The van der Waals surface area contributed by atoms with Crippen LogP contribution in [-0.2, 0) is 11.3 Å². The molecule has 3 heterocycles. The van der Waals surface area contributed by atoms with E-state index in [0.717, 1.165) is 48.1 Å². The number of nitrogens with one attached hydrogen (secondary N) is 2. The quantitative estimate of drug-likeness (QED) is 0.563. The van der Waals surface area contributed by atoms with Gasteiger partial charge < -0.3 is 10.1 Å². The largest absolute Gasteiger partial charge is 0.377 e. The van der Waals surface area contributed by atoms with Crippen molar-refractivity contribution in [2.24, 2.45) is 0 Å². The van der Waals surface area contributed by atoms with Gasteiger partial charge in [-0.25, -0.2) is 14.3 Å². The average molecular weight is 374 g/mol. The third kappa shape index (κ3) is 3.10. The van der Waals surface area contributed by atoms with Crippen LogP contribution in [0.4, 0.5) is 0 Å². The summed E-state index contributed by atoms with van der Waals surface area (Å²) < 4.78 is 7.26. The summed E-state index contributed by atoms with van der Waals surface area (Å²) >= 11 is 0. The molecule has 2 aromatic heterocycles. The zero-order valence-corrected chi connectivity index (χ0v) is 15.5. The van der Waals surface area contributed by atoms with Gasteiger partial charge in [0, 0.05) is 25.1 Å². The minimum atomic E-state index is -0.217. The second kappa shape index (κ2) is 7.22. The highest BCUT2D eigenvalue weighted by molar-refractivity contribution is 5.97. The number of pyridine rings is 1. The molecular weight excluding hydrogens is 352 g/mol. The van der Waals surface area contributed by atoms with Gasteiger partial charge in [0.1, 0.15) is 0 Å². The molecule has 1 unspecified atom stereocenters. The third-order valence-corrected chi connectivity index (χ3v) is 5.40. The molecule has 0 radical (unpaired) electrons. The first-order chi connectivity index (χ1) is 13.8. The van der Waals surface area contributed by atoms with E-state index in [0.29, 0.717) is 11.8 Å². The Morgan fingerprint density at radius 1 is 1.18 bits per heavy atom. The molecule has 1 aliphatic rings. The van der Waals surface area contributed by atoms with Gasteiger partial charge in [-0.05, 0) is 41.7 Å². The van der Waals surface area contributed by atoms with E-state index in [1.807, 2.05) is 30.3 Å². The third-order valence-electron chi connectivity index (χ3n) is 5.40. The molecule has 0 saturated carbocycles. The van der Waals surface area contributed by atoms with E-state index in [-0.39, 0.29) is 5.69 Å². The molecule has 2 aromatic carbocycles. The molecule has 1 saturated heterocycles. The van der Waals surface area contributed by atoms with Crippen molar-refractivity contribution in [3.63, 3.8) is 0 Å². The van der Waals surface area contributed by atoms with Gasteiger partial charge >= 0.3 is 5.69 Å². The number of nitrogens with zero attached hydrogens (tertiary/aromatic N) is 2. The molecule has 1 atom stereocenters. The van der Waals surface area contributed by atoms with Crippen LogP contribution in [0, 0.1) is 0 Å². The van der Waals surface area contributed by atoms with E-state index in [2.05, 4.69) is 39.8 Å². The van der Waals surface area contributed by atoms with Crippen LogP contribution in [0.15, 0.2) is 59.4 Å². The molecule has 5 rings (SSSR count). The summed E-state index contributed by atoms with van der Waals surface area (Å²) in [7, 11) is 0. The van der Waals surface area contributed by atoms with Gasteiger partial charge in [0.05, 0.1) is 11.6 Å². The Bertz CT molecular complexity index is 1170. The average Bonchev–Trinajstić information content (AvgIpc) is 3.38. The predicted molar refractivity (Wildman–Crippen MR) is 109 cm³/mol. The second-order valence-electron chi connectivity index (χ2n) is 7.26. The first-order valence-corrected chi connectivity index (χ1v) is 9.70. The molecule has 28 heavy (non-hydrogen) atoms. The van der Waals surface area contributed by atoms with E-state index < -0.39 is 0 Å². The fraction of sp³-hybridized carbons (Fsp3) is 0.273. The maximum absolute atomic E-state index is 12.1. The number of fused-ring (bicyclic) bond motifs is 3. The van der Waals surface area contributed by atoms with Gasteiger partial charge in [0.15, 0.2) is 5.65 Å². The van der Waals surface area contributed by atoms with Crippen LogP contribution in [0.5, 0.6) is 0 Å². The molecule has 2 N–H and O–H groups in total. The van der Waals surface area contributed by atoms with Gasteiger partial charge in [-0.2, -0.15) is 5.10 Å². The van der Waals surface area contributed by atoms with Gasteiger partial charge in [-0.1, -0.05) is 42.5 Å². The molecule has 6 heteroatoms. The Labute approximate surface area is 162 Å². The summed E-state index contributed by atoms with van der Waals surface area (Å²) in [6.45, 7) is 2.62. The number of para-hydroxylation sites is 1. The van der Waals surface area contributed by atoms with Crippen molar-refractivity contribution in [2.45, 2.75) is 25.5 Å². The van der Waals surface area contributed by atoms with Crippen molar-refractivity contribution in [1.82, 2.24) is 19.9 Å². The smallest absolute Gasteiger partial charge is 0.348 e. The molecule has 0 amide bonds. The normalized spacial score (nSPS) is 16.9. The van der Waals surface area contributed by atoms with Crippen molar-refractivity contribution in [2.75, 3.05) is 13.2 Å². The molecule has 142 valence electrons. The van der Waals surface area contributed by atoms with Crippen LogP contribution in [0.25, 0.3) is 27.7 Å². The van der Waals surface area contributed by atoms with Crippen molar-refractivity contribution < 1.29 is 4.74 Å². The summed E-state index contributed by atoms with van der Waals surface area (Å²) in [6, 6.07) is 18.4. The topological polar surface area (TPSA) is 71.4 Å². The highest BCUT2D eigenvalue weighted by Gasteiger charge is 2.14. The van der Waals surface area contributed by atoms with Crippen molar-refractivity contribution in [3.8, 4) is 11.1 Å². The number of hydrogen-bond acceptors (Lipinski definition) is 4. The van der Waals surface area contributed by atoms with E-state index in [4.69, 9.17) is 4.74 Å². The van der Waals surface area contributed by atoms with E-state index in [1.165, 1.54) is 12.0 Å². The maximum Gasteiger partial charge on any atom is 0.348 e. The van der Waals surface area contributed by atoms with Gasteiger partial charge in [-0.15, -0.1) is 0 Å². The predicted octanol–water partition coefficient (Wildman–Crippen LogP) is 3.11. The fourth-order valence-electron chi connectivity index (χ4n) is 3.97. The number of aromatic amines is 1. The lowest BCUT2D eigenvalue weighted by atomic mass is 10.00. The lowest BCUT2D eigenvalue weighted by Crippen LogP contribution is -2.25. The minimum absolute atomic E-state index is 0.217. The Kier molecular flexibility index (Phi) is 4.43. The fourth-order valence-corrected chi connectivity index (χ4v) is 3.97. The first kappa shape index (κ1) is 17.2. The number of rotatable bonds is 5. The zero-order chi connectivity index (χ0) is 18.9. The maximum atomic E-state index is 12.1. The van der Waals surface area contributed by atoms with E-state index in [1.54, 1.807) is 4.40 Å². The second-order valence-corrected chi connectivity index (χ2v) is 7.26. The summed E-state index contributed by atoms with van der Waals surface area (Å²) in [5, 5.41) is 11.2. The molecular formula is C22H22N4O2. The van der Waals surface area contributed by atoms with Crippen molar-refractivity contribution in [1.29, 1.82) is 0 Å². The standard InChI is InChI=1S/C22H22N4O2/c27-22-25-24-21-12-19(18-5-1-2-6-20(18)26(21)22)16-9-7-15(8-10-16)13-23-14-17-4-3-11-28-17/h1-2,5-10,12,17,23H,3-4,11,13-14H2,(H,25,27). The molecule has 4 aromatic rings.